The van der Waals surface area contributed by atoms with Gasteiger partial charge in [-0.15, -0.1) is 0 Å². The van der Waals surface area contributed by atoms with Crippen LogP contribution in [0.4, 0.5) is 0 Å². The number of hydrogen-bond acceptors (Lipinski definition) is 3. The minimum atomic E-state index is -0.551. The smallest absolute Gasteiger partial charge is 0.302 e. The number of carbonyl (C=O) groups is 2. The molecule has 1 aromatic rings. The van der Waals surface area contributed by atoms with E-state index < -0.39 is 5.54 Å². The molecule has 1 unspecified atom stereocenters. The van der Waals surface area contributed by atoms with E-state index in [9.17, 15) is 9.59 Å². The summed E-state index contributed by atoms with van der Waals surface area (Å²) < 4.78 is 6.09. The lowest BCUT2D eigenvalue weighted by Gasteiger charge is -2.29. The molecule has 5 heteroatoms. The Morgan fingerprint density at radius 1 is 1.25 bits per heavy atom. The van der Waals surface area contributed by atoms with Gasteiger partial charge in [0.2, 0.25) is 5.91 Å². The Morgan fingerprint density at radius 2 is 1.85 bits per heavy atom. The molecule has 0 spiro atoms. The van der Waals surface area contributed by atoms with Crippen LogP contribution in [0.3, 0.4) is 0 Å². The van der Waals surface area contributed by atoms with Crippen molar-refractivity contribution in [3.05, 3.63) is 34.3 Å². The highest BCUT2D eigenvalue weighted by molar-refractivity contribution is 9.10. The summed E-state index contributed by atoms with van der Waals surface area (Å²) in [5.74, 6) is -0.472. The highest BCUT2D eigenvalue weighted by atomic mass is 79.9. The minimum Gasteiger partial charge on any atom is -0.463 e. The van der Waals surface area contributed by atoms with Gasteiger partial charge in [0.05, 0.1) is 5.54 Å². The van der Waals surface area contributed by atoms with Crippen LogP contribution in [0.15, 0.2) is 28.7 Å². The normalized spacial score (nSPS) is 13.4. The molecule has 0 bridgehead atoms. The van der Waals surface area contributed by atoms with Crippen molar-refractivity contribution in [3.8, 4) is 0 Å². The van der Waals surface area contributed by atoms with Crippen LogP contribution in [-0.4, -0.2) is 24.0 Å². The van der Waals surface area contributed by atoms with Gasteiger partial charge in [0, 0.05) is 18.3 Å². The largest absolute Gasteiger partial charge is 0.463 e. The van der Waals surface area contributed by atoms with Gasteiger partial charge < -0.3 is 10.1 Å². The van der Waals surface area contributed by atoms with Crippen LogP contribution in [-0.2, 0) is 20.7 Å². The standard InChI is InChI=1S/C15H20BrNO3/c1-11(18)17-15(3,10-20-12(2)19)9-8-13-4-6-14(16)7-5-13/h4-7H,8-10H2,1-3H3,(H,17,18). The second-order valence-corrected chi connectivity index (χ2v) is 6.06. The Morgan fingerprint density at radius 3 is 2.35 bits per heavy atom. The van der Waals surface area contributed by atoms with Gasteiger partial charge >= 0.3 is 5.97 Å². The van der Waals surface area contributed by atoms with E-state index in [4.69, 9.17) is 4.74 Å². The SMILES string of the molecule is CC(=O)NC(C)(CCc1ccc(Br)cc1)COC(C)=O. The van der Waals surface area contributed by atoms with Crippen LogP contribution in [0, 0.1) is 0 Å². The summed E-state index contributed by atoms with van der Waals surface area (Å²) in [6.45, 7) is 4.89. The van der Waals surface area contributed by atoms with E-state index in [1.54, 1.807) is 0 Å². The minimum absolute atomic E-state index is 0.129. The molecular weight excluding hydrogens is 322 g/mol. The van der Waals surface area contributed by atoms with Crippen molar-refractivity contribution in [2.75, 3.05) is 6.61 Å². The van der Waals surface area contributed by atoms with E-state index >= 15 is 0 Å². The molecule has 4 nitrogen and oxygen atoms in total. The quantitative estimate of drug-likeness (QED) is 0.809. The van der Waals surface area contributed by atoms with Gasteiger partial charge in [0.25, 0.3) is 0 Å². The predicted octanol–water partition coefficient (Wildman–Crippen LogP) is 2.84. The summed E-state index contributed by atoms with van der Waals surface area (Å²) in [7, 11) is 0. The van der Waals surface area contributed by atoms with Gasteiger partial charge in [-0.2, -0.15) is 0 Å². The van der Waals surface area contributed by atoms with Gasteiger partial charge in [0.15, 0.2) is 0 Å². The lowest BCUT2D eigenvalue weighted by molar-refractivity contribution is -0.144. The van der Waals surface area contributed by atoms with Crippen molar-refractivity contribution in [1.82, 2.24) is 5.32 Å². The van der Waals surface area contributed by atoms with E-state index in [1.165, 1.54) is 19.4 Å². The third-order valence-corrected chi connectivity index (χ3v) is 3.48. The van der Waals surface area contributed by atoms with E-state index in [0.29, 0.717) is 6.42 Å². The maximum atomic E-state index is 11.3. The van der Waals surface area contributed by atoms with Crippen LogP contribution in [0.2, 0.25) is 0 Å². The zero-order chi connectivity index (χ0) is 15.2. The molecule has 0 saturated heterocycles. The van der Waals surface area contributed by atoms with Gasteiger partial charge in [-0.3, -0.25) is 9.59 Å². The molecule has 0 aliphatic rings. The van der Waals surface area contributed by atoms with E-state index in [1.807, 2.05) is 31.2 Å². The molecule has 1 amide bonds. The monoisotopic (exact) mass is 341 g/mol. The number of aryl methyl sites for hydroxylation is 1. The second kappa shape index (κ2) is 7.43. The van der Waals surface area contributed by atoms with Crippen LogP contribution >= 0.6 is 15.9 Å². The molecule has 0 aliphatic heterocycles. The Kier molecular flexibility index (Phi) is 6.20. The number of carbonyl (C=O) groups excluding carboxylic acids is 2. The molecule has 0 heterocycles. The summed E-state index contributed by atoms with van der Waals surface area (Å²) in [4.78, 5) is 22.3. The molecule has 0 aliphatic carbocycles. The molecule has 0 saturated carbocycles. The third-order valence-electron chi connectivity index (χ3n) is 2.95. The van der Waals surface area contributed by atoms with Crippen molar-refractivity contribution < 1.29 is 14.3 Å². The molecule has 110 valence electrons. The fourth-order valence-corrected chi connectivity index (χ4v) is 2.19. The maximum Gasteiger partial charge on any atom is 0.302 e. The highest BCUT2D eigenvalue weighted by Crippen LogP contribution is 2.17. The average molecular weight is 342 g/mol. The first-order valence-electron chi connectivity index (χ1n) is 6.47. The fraction of sp³-hybridized carbons (Fsp3) is 0.467. The number of hydrogen-bond donors (Lipinski definition) is 1. The van der Waals surface area contributed by atoms with Crippen LogP contribution in [0.5, 0.6) is 0 Å². The Balaban J connectivity index is 2.65. The lowest BCUT2D eigenvalue weighted by Crippen LogP contribution is -2.49. The number of rotatable bonds is 6. The molecule has 1 N–H and O–H groups in total. The summed E-state index contributed by atoms with van der Waals surface area (Å²) in [6.07, 6.45) is 1.49. The zero-order valence-corrected chi connectivity index (χ0v) is 13.6. The van der Waals surface area contributed by atoms with Gasteiger partial charge in [-0.1, -0.05) is 28.1 Å². The summed E-state index contributed by atoms with van der Waals surface area (Å²) >= 11 is 3.40. The van der Waals surface area contributed by atoms with E-state index in [-0.39, 0.29) is 18.5 Å². The third kappa shape index (κ3) is 6.19. The first-order valence-corrected chi connectivity index (χ1v) is 7.27. The van der Waals surface area contributed by atoms with E-state index in [0.717, 1.165) is 10.9 Å². The molecule has 0 radical (unpaired) electrons. The first-order chi connectivity index (χ1) is 9.31. The fourth-order valence-electron chi connectivity index (χ4n) is 1.93. The number of esters is 1. The first kappa shape index (κ1) is 16.7. The van der Waals surface area contributed by atoms with Crippen molar-refractivity contribution in [3.63, 3.8) is 0 Å². The lowest BCUT2D eigenvalue weighted by atomic mass is 9.94. The number of amides is 1. The molecule has 1 atom stereocenters. The summed E-state index contributed by atoms with van der Waals surface area (Å²) in [5.41, 5.74) is 0.623. The van der Waals surface area contributed by atoms with Crippen LogP contribution < -0.4 is 5.32 Å². The molecule has 1 aromatic carbocycles. The molecule has 1 rings (SSSR count). The van der Waals surface area contributed by atoms with E-state index in [2.05, 4.69) is 21.2 Å². The molecule has 0 fully saturated rings. The number of benzene rings is 1. The molecule has 20 heavy (non-hydrogen) atoms. The topological polar surface area (TPSA) is 55.4 Å². The van der Waals surface area contributed by atoms with Crippen molar-refractivity contribution in [2.24, 2.45) is 0 Å². The number of halogens is 1. The Hall–Kier alpha value is -1.36. The average Bonchev–Trinajstić information content (AvgIpc) is 2.35. The summed E-state index contributed by atoms with van der Waals surface area (Å²) in [5, 5.41) is 2.87. The second-order valence-electron chi connectivity index (χ2n) is 5.15. The summed E-state index contributed by atoms with van der Waals surface area (Å²) in [6, 6.07) is 8.03. The zero-order valence-electron chi connectivity index (χ0n) is 12.0. The predicted molar refractivity (Wildman–Crippen MR) is 81.3 cm³/mol. The Labute approximate surface area is 128 Å². The van der Waals surface area contributed by atoms with Crippen LogP contribution in [0.1, 0.15) is 32.8 Å². The number of ether oxygens (including phenoxy) is 1. The van der Waals surface area contributed by atoms with Gasteiger partial charge in [0.1, 0.15) is 6.61 Å². The molecule has 0 aromatic heterocycles. The molecular formula is C15H20BrNO3. The van der Waals surface area contributed by atoms with Gasteiger partial charge in [-0.25, -0.2) is 0 Å². The van der Waals surface area contributed by atoms with Crippen LogP contribution in [0.25, 0.3) is 0 Å². The van der Waals surface area contributed by atoms with Crippen molar-refractivity contribution >= 4 is 27.8 Å². The van der Waals surface area contributed by atoms with Crippen molar-refractivity contribution in [1.29, 1.82) is 0 Å². The Bertz CT molecular complexity index is 473. The van der Waals surface area contributed by atoms with Crippen molar-refractivity contribution in [2.45, 2.75) is 39.2 Å². The van der Waals surface area contributed by atoms with Gasteiger partial charge in [-0.05, 0) is 37.5 Å². The highest BCUT2D eigenvalue weighted by Gasteiger charge is 2.26. The maximum absolute atomic E-state index is 11.3. The number of nitrogens with one attached hydrogen (secondary N) is 1.